The Morgan fingerprint density at radius 3 is 2.75 bits per heavy atom. The second-order valence-corrected chi connectivity index (χ2v) is 6.42. The zero-order valence-corrected chi connectivity index (χ0v) is 12.7. The summed E-state index contributed by atoms with van der Waals surface area (Å²) in [6, 6.07) is 14.0. The standard InChI is InChI=1S/C17H17Cl2N/c18-14-7-8-16(19)13(10-14)11-17(20)9-3-5-12-4-1-2-6-15(12)17/h1-2,4,6-8,10H,3,5,9,11,20H2. The summed E-state index contributed by atoms with van der Waals surface area (Å²) in [5, 5.41) is 1.44. The van der Waals surface area contributed by atoms with Crippen molar-refractivity contribution in [2.45, 2.75) is 31.2 Å². The van der Waals surface area contributed by atoms with E-state index in [4.69, 9.17) is 28.9 Å². The fourth-order valence-corrected chi connectivity index (χ4v) is 3.53. The van der Waals surface area contributed by atoms with Gasteiger partial charge in [0, 0.05) is 15.6 Å². The van der Waals surface area contributed by atoms with Gasteiger partial charge in [-0.25, -0.2) is 0 Å². The van der Waals surface area contributed by atoms with Crippen LogP contribution in [0.3, 0.4) is 0 Å². The van der Waals surface area contributed by atoms with Crippen LogP contribution in [0.4, 0.5) is 0 Å². The molecule has 0 spiro atoms. The third-order valence-corrected chi connectivity index (χ3v) is 4.74. The minimum absolute atomic E-state index is 0.344. The molecule has 1 unspecified atom stereocenters. The van der Waals surface area contributed by atoms with Crippen LogP contribution in [0, 0.1) is 0 Å². The van der Waals surface area contributed by atoms with E-state index in [9.17, 15) is 0 Å². The van der Waals surface area contributed by atoms with Crippen LogP contribution < -0.4 is 5.73 Å². The fraction of sp³-hybridized carbons (Fsp3) is 0.294. The average Bonchev–Trinajstić information content (AvgIpc) is 2.43. The molecular weight excluding hydrogens is 289 g/mol. The van der Waals surface area contributed by atoms with Crippen molar-refractivity contribution in [3.05, 3.63) is 69.2 Å². The number of hydrogen-bond donors (Lipinski definition) is 1. The van der Waals surface area contributed by atoms with Crippen molar-refractivity contribution < 1.29 is 0 Å². The second kappa shape index (κ2) is 5.40. The summed E-state index contributed by atoms with van der Waals surface area (Å²) in [7, 11) is 0. The molecule has 20 heavy (non-hydrogen) atoms. The van der Waals surface area contributed by atoms with Crippen molar-refractivity contribution in [1.82, 2.24) is 0 Å². The molecule has 1 aliphatic rings. The first kappa shape index (κ1) is 13.9. The van der Waals surface area contributed by atoms with Crippen LogP contribution >= 0.6 is 23.2 Å². The van der Waals surface area contributed by atoms with Gasteiger partial charge in [-0.2, -0.15) is 0 Å². The van der Waals surface area contributed by atoms with Crippen molar-refractivity contribution >= 4 is 23.2 Å². The number of hydrogen-bond acceptors (Lipinski definition) is 1. The number of halogens is 2. The minimum atomic E-state index is -0.344. The maximum absolute atomic E-state index is 6.72. The molecule has 3 heteroatoms. The molecule has 1 atom stereocenters. The minimum Gasteiger partial charge on any atom is -0.321 e. The van der Waals surface area contributed by atoms with Gasteiger partial charge in [-0.15, -0.1) is 0 Å². The molecular formula is C17H17Cl2N. The van der Waals surface area contributed by atoms with Crippen LogP contribution in [-0.2, 0) is 18.4 Å². The number of aryl methyl sites for hydroxylation is 1. The Balaban J connectivity index is 2.00. The Hall–Kier alpha value is -1.02. The topological polar surface area (TPSA) is 26.0 Å². The Labute approximate surface area is 129 Å². The average molecular weight is 306 g/mol. The second-order valence-electron chi connectivity index (χ2n) is 5.58. The van der Waals surface area contributed by atoms with Crippen molar-refractivity contribution in [3.63, 3.8) is 0 Å². The van der Waals surface area contributed by atoms with E-state index in [1.54, 1.807) is 0 Å². The highest BCUT2D eigenvalue weighted by Gasteiger charge is 2.33. The lowest BCUT2D eigenvalue weighted by molar-refractivity contribution is 0.369. The van der Waals surface area contributed by atoms with Crippen LogP contribution in [0.2, 0.25) is 10.0 Å². The predicted molar refractivity (Wildman–Crippen MR) is 85.4 cm³/mol. The van der Waals surface area contributed by atoms with Crippen molar-refractivity contribution in [3.8, 4) is 0 Å². The molecule has 0 saturated carbocycles. The molecule has 3 rings (SSSR count). The molecule has 0 amide bonds. The highest BCUT2D eigenvalue weighted by Crippen LogP contribution is 2.37. The molecule has 1 nitrogen and oxygen atoms in total. The van der Waals surface area contributed by atoms with E-state index in [2.05, 4.69) is 24.3 Å². The summed E-state index contributed by atoms with van der Waals surface area (Å²) in [5.41, 5.74) is 10.0. The molecule has 2 aromatic carbocycles. The maximum Gasteiger partial charge on any atom is 0.0453 e. The normalized spacial score (nSPS) is 21.6. The van der Waals surface area contributed by atoms with Gasteiger partial charge in [-0.1, -0.05) is 47.5 Å². The number of nitrogens with two attached hydrogens (primary N) is 1. The van der Waals surface area contributed by atoms with Crippen LogP contribution in [0.1, 0.15) is 29.5 Å². The third-order valence-electron chi connectivity index (χ3n) is 4.14. The Morgan fingerprint density at radius 2 is 1.90 bits per heavy atom. The fourth-order valence-electron chi connectivity index (χ4n) is 3.16. The van der Waals surface area contributed by atoms with E-state index in [1.807, 2.05) is 18.2 Å². The molecule has 1 aliphatic carbocycles. The highest BCUT2D eigenvalue weighted by atomic mass is 35.5. The van der Waals surface area contributed by atoms with E-state index >= 15 is 0 Å². The van der Waals surface area contributed by atoms with Gasteiger partial charge in [0.2, 0.25) is 0 Å². The summed E-state index contributed by atoms with van der Waals surface area (Å²) >= 11 is 12.4. The Kier molecular flexibility index (Phi) is 3.76. The van der Waals surface area contributed by atoms with Gasteiger partial charge in [0.25, 0.3) is 0 Å². The van der Waals surface area contributed by atoms with Crippen LogP contribution in [0.15, 0.2) is 42.5 Å². The number of benzene rings is 2. The summed E-state index contributed by atoms with van der Waals surface area (Å²) in [4.78, 5) is 0. The first-order valence-corrected chi connectivity index (χ1v) is 7.65. The summed E-state index contributed by atoms with van der Waals surface area (Å²) < 4.78 is 0. The van der Waals surface area contributed by atoms with Gasteiger partial charge in [0.15, 0.2) is 0 Å². The Morgan fingerprint density at radius 1 is 1.10 bits per heavy atom. The summed E-state index contributed by atoms with van der Waals surface area (Å²) in [6.45, 7) is 0. The van der Waals surface area contributed by atoms with Gasteiger partial charge < -0.3 is 5.73 Å². The monoisotopic (exact) mass is 305 g/mol. The summed E-state index contributed by atoms with van der Waals surface area (Å²) in [5.74, 6) is 0. The first-order valence-electron chi connectivity index (χ1n) is 6.90. The van der Waals surface area contributed by atoms with Gasteiger partial charge >= 0.3 is 0 Å². The molecule has 0 fully saturated rings. The van der Waals surface area contributed by atoms with Crippen molar-refractivity contribution in [2.24, 2.45) is 5.73 Å². The van der Waals surface area contributed by atoms with Gasteiger partial charge in [0.1, 0.15) is 0 Å². The molecule has 2 N–H and O–H groups in total. The lowest BCUT2D eigenvalue weighted by atomic mass is 9.74. The molecule has 0 radical (unpaired) electrons. The maximum atomic E-state index is 6.72. The van der Waals surface area contributed by atoms with Crippen LogP contribution in [0.25, 0.3) is 0 Å². The lowest BCUT2D eigenvalue weighted by Gasteiger charge is -2.36. The van der Waals surface area contributed by atoms with E-state index in [-0.39, 0.29) is 5.54 Å². The molecule has 2 aromatic rings. The smallest absolute Gasteiger partial charge is 0.0453 e. The van der Waals surface area contributed by atoms with Crippen LogP contribution in [0.5, 0.6) is 0 Å². The zero-order chi connectivity index (χ0) is 14.2. The number of rotatable bonds is 2. The Bertz CT molecular complexity index is 639. The van der Waals surface area contributed by atoms with E-state index in [0.717, 1.165) is 36.3 Å². The van der Waals surface area contributed by atoms with E-state index in [0.29, 0.717) is 5.02 Å². The predicted octanol–water partition coefficient (Wildman–Crippen LogP) is 4.73. The summed E-state index contributed by atoms with van der Waals surface area (Å²) in [6.07, 6.45) is 3.93. The van der Waals surface area contributed by atoms with Gasteiger partial charge in [0.05, 0.1) is 0 Å². The molecule has 0 bridgehead atoms. The quantitative estimate of drug-likeness (QED) is 0.853. The molecule has 0 heterocycles. The highest BCUT2D eigenvalue weighted by molar-refractivity contribution is 6.33. The van der Waals surface area contributed by atoms with Crippen molar-refractivity contribution in [1.29, 1.82) is 0 Å². The molecule has 0 aliphatic heterocycles. The van der Waals surface area contributed by atoms with Gasteiger partial charge in [-0.3, -0.25) is 0 Å². The molecule has 0 saturated heterocycles. The van der Waals surface area contributed by atoms with Gasteiger partial charge in [-0.05, 0) is 60.6 Å². The lowest BCUT2D eigenvalue weighted by Crippen LogP contribution is -2.42. The third kappa shape index (κ3) is 2.58. The van der Waals surface area contributed by atoms with E-state index in [1.165, 1.54) is 11.1 Å². The largest absolute Gasteiger partial charge is 0.321 e. The van der Waals surface area contributed by atoms with E-state index < -0.39 is 0 Å². The molecule has 0 aromatic heterocycles. The van der Waals surface area contributed by atoms with Crippen LogP contribution in [-0.4, -0.2) is 0 Å². The zero-order valence-electron chi connectivity index (χ0n) is 11.2. The SMILES string of the molecule is NC1(Cc2cc(Cl)ccc2Cl)CCCc2ccccc21. The first-order chi connectivity index (χ1) is 9.58. The van der Waals surface area contributed by atoms with Crippen molar-refractivity contribution in [2.75, 3.05) is 0 Å². The number of fused-ring (bicyclic) bond motifs is 1. The molecule has 104 valence electrons.